The quantitative estimate of drug-likeness (QED) is 0.641. The van der Waals surface area contributed by atoms with Crippen molar-refractivity contribution in [1.82, 2.24) is 5.32 Å². The molecule has 0 heterocycles. The monoisotopic (exact) mass is 292 g/mol. The van der Waals surface area contributed by atoms with Crippen LogP contribution in [-0.4, -0.2) is 28.8 Å². The first-order valence-corrected chi connectivity index (χ1v) is 7.01. The highest BCUT2D eigenvalue weighted by molar-refractivity contribution is 5.97. The van der Waals surface area contributed by atoms with Crippen molar-refractivity contribution in [2.75, 3.05) is 11.9 Å². The zero-order valence-electron chi connectivity index (χ0n) is 12.0. The van der Waals surface area contributed by atoms with Crippen LogP contribution in [0.3, 0.4) is 0 Å². The number of carboxylic acid groups (broad SMARTS) is 1. The maximum absolute atomic E-state index is 11.9. The van der Waals surface area contributed by atoms with Crippen molar-refractivity contribution in [3.8, 4) is 5.75 Å². The molecule has 0 saturated heterocycles. The van der Waals surface area contributed by atoms with E-state index in [4.69, 9.17) is 5.11 Å². The molecular formula is C15H20N2O4. The Hall–Kier alpha value is -2.24. The number of phenols is 1. The highest BCUT2D eigenvalue weighted by atomic mass is 16.4. The van der Waals surface area contributed by atoms with Gasteiger partial charge in [0, 0.05) is 6.54 Å². The van der Waals surface area contributed by atoms with Crippen molar-refractivity contribution < 1.29 is 19.8 Å². The maximum Gasteiger partial charge on any atom is 0.339 e. The Morgan fingerprint density at radius 2 is 1.95 bits per heavy atom. The lowest BCUT2D eigenvalue weighted by atomic mass is 9.89. The van der Waals surface area contributed by atoms with Gasteiger partial charge in [-0.15, -0.1) is 0 Å². The van der Waals surface area contributed by atoms with Gasteiger partial charge in [-0.3, -0.25) is 0 Å². The molecule has 0 spiro atoms. The number of rotatable bonds is 4. The maximum atomic E-state index is 11.9. The second-order valence-corrected chi connectivity index (χ2v) is 5.83. The van der Waals surface area contributed by atoms with E-state index in [1.165, 1.54) is 31.0 Å². The highest BCUT2D eigenvalue weighted by Gasteiger charge is 2.28. The number of para-hydroxylation sites is 1. The van der Waals surface area contributed by atoms with Crippen molar-refractivity contribution in [1.29, 1.82) is 0 Å². The first-order chi connectivity index (χ1) is 9.91. The van der Waals surface area contributed by atoms with Gasteiger partial charge in [0.2, 0.25) is 0 Å². The summed E-state index contributed by atoms with van der Waals surface area (Å²) in [5, 5.41) is 24.0. The van der Waals surface area contributed by atoms with E-state index in [1.54, 1.807) is 0 Å². The molecule has 0 unspecified atom stereocenters. The molecule has 0 atom stereocenters. The molecule has 2 rings (SSSR count). The minimum Gasteiger partial charge on any atom is -0.505 e. The Morgan fingerprint density at radius 1 is 1.29 bits per heavy atom. The average molecular weight is 292 g/mol. The second-order valence-electron chi connectivity index (χ2n) is 5.83. The van der Waals surface area contributed by atoms with Crippen LogP contribution in [0.4, 0.5) is 10.5 Å². The number of carbonyl (C=O) groups excluding carboxylic acids is 1. The van der Waals surface area contributed by atoms with Gasteiger partial charge in [0.05, 0.1) is 5.69 Å². The van der Waals surface area contributed by atoms with E-state index in [0.29, 0.717) is 6.54 Å². The number of hydrogen-bond acceptors (Lipinski definition) is 3. The van der Waals surface area contributed by atoms with E-state index in [9.17, 15) is 14.7 Å². The summed E-state index contributed by atoms with van der Waals surface area (Å²) in [6.45, 7) is 2.71. The summed E-state index contributed by atoms with van der Waals surface area (Å²) in [5.74, 6) is -1.68. The molecule has 6 nitrogen and oxygen atoms in total. The summed E-state index contributed by atoms with van der Waals surface area (Å²) in [6, 6.07) is 3.76. The number of nitrogens with one attached hydrogen (secondary N) is 2. The van der Waals surface area contributed by atoms with Crippen LogP contribution < -0.4 is 10.6 Å². The Bertz CT molecular complexity index is 551. The van der Waals surface area contributed by atoms with Crippen LogP contribution in [0.5, 0.6) is 5.75 Å². The molecule has 1 aliphatic carbocycles. The number of aromatic carboxylic acids is 1. The van der Waals surface area contributed by atoms with E-state index < -0.39 is 17.7 Å². The fourth-order valence-corrected chi connectivity index (χ4v) is 2.68. The largest absolute Gasteiger partial charge is 0.505 e. The van der Waals surface area contributed by atoms with Crippen molar-refractivity contribution in [2.24, 2.45) is 5.41 Å². The Balaban J connectivity index is 1.97. The Labute approximate surface area is 123 Å². The number of aromatic hydroxyl groups is 1. The van der Waals surface area contributed by atoms with Crippen molar-refractivity contribution in [3.05, 3.63) is 23.8 Å². The normalized spacial score (nSPS) is 16.4. The van der Waals surface area contributed by atoms with Crippen LogP contribution in [-0.2, 0) is 0 Å². The second kappa shape index (κ2) is 6.03. The van der Waals surface area contributed by atoms with Gasteiger partial charge in [0.25, 0.3) is 0 Å². The Kier molecular flexibility index (Phi) is 4.35. The van der Waals surface area contributed by atoms with Gasteiger partial charge < -0.3 is 20.8 Å². The number of urea groups is 1. The van der Waals surface area contributed by atoms with E-state index in [2.05, 4.69) is 17.6 Å². The number of benzene rings is 1. The van der Waals surface area contributed by atoms with Gasteiger partial charge in [-0.25, -0.2) is 9.59 Å². The van der Waals surface area contributed by atoms with E-state index in [0.717, 1.165) is 12.8 Å². The molecule has 21 heavy (non-hydrogen) atoms. The van der Waals surface area contributed by atoms with Gasteiger partial charge in [-0.1, -0.05) is 25.8 Å². The molecular weight excluding hydrogens is 272 g/mol. The van der Waals surface area contributed by atoms with E-state index in [-0.39, 0.29) is 16.7 Å². The van der Waals surface area contributed by atoms with Crippen LogP contribution in [0.15, 0.2) is 18.2 Å². The number of carboxylic acids is 1. The molecule has 1 aromatic rings. The van der Waals surface area contributed by atoms with Gasteiger partial charge in [-0.2, -0.15) is 0 Å². The summed E-state index contributed by atoms with van der Waals surface area (Å²) in [4.78, 5) is 22.8. The minimum absolute atomic E-state index is 0.0870. The third-order valence-electron chi connectivity index (χ3n) is 4.00. The number of hydrogen-bond donors (Lipinski definition) is 4. The van der Waals surface area contributed by atoms with Crippen LogP contribution in [0, 0.1) is 5.41 Å². The predicted octanol–water partition coefficient (Wildman–Crippen LogP) is 2.79. The fourth-order valence-electron chi connectivity index (χ4n) is 2.68. The highest BCUT2D eigenvalue weighted by Crippen LogP contribution is 2.36. The molecule has 4 N–H and O–H groups in total. The molecule has 0 aliphatic heterocycles. The summed E-state index contributed by atoms with van der Waals surface area (Å²) in [5.41, 5.74) is -0.0259. The molecule has 1 fully saturated rings. The Morgan fingerprint density at radius 3 is 2.57 bits per heavy atom. The smallest absolute Gasteiger partial charge is 0.339 e. The summed E-state index contributed by atoms with van der Waals surface area (Å²) in [6.07, 6.45) is 4.54. The first kappa shape index (κ1) is 15.2. The van der Waals surface area contributed by atoms with E-state index >= 15 is 0 Å². The zero-order valence-corrected chi connectivity index (χ0v) is 12.0. The third kappa shape index (κ3) is 3.65. The topological polar surface area (TPSA) is 98.7 Å². The van der Waals surface area contributed by atoms with Crippen LogP contribution in [0.1, 0.15) is 43.0 Å². The van der Waals surface area contributed by atoms with Crippen molar-refractivity contribution in [2.45, 2.75) is 32.6 Å². The molecule has 6 heteroatoms. The molecule has 0 aromatic heterocycles. The van der Waals surface area contributed by atoms with Gasteiger partial charge >= 0.3 is 12.0 Å². The molecule has 2 amide bonds. The van der Waals surface area contributed by atoms with Crippen LogP contribution in [0.25, 0.3) is 0 Å². The number of anilines is 1. The van der Waals surface area contributed by atoms with Gasteiger partial charge in [0.1, 0.15) is 5.56 Å². The first-order valence-electron chi connectivity index (χ1n) is 7.01. The SMILES string of the molecule is CC1(CNC(=O)Nc2cccc(C(=O)O)c2O)CCCC1. The predicted molar refractivity (Wildman–Crippen MR) is 78.7 cm³/mol. The van der Waals surface area contributed by atoms with E-state index in [1.807, 2.05) is 0 Å². The number of carbonyl (C=O) groups is 2. The molecule has 1 saturated carbocycles. The lowest BCUT2D eigenvalue weighted by molar-refractivity contribution is 0.0693. The van der Waals surface area contributed by atoms with Crippen molar-refractivity contribution in [3.63, 3.8) is 0 Å². The zero-order chi connectivity index (χ0) is 15.5. The minimum atomic E-state index is -1.24. The summed E-state index contributed by atoms with van der Waals surface area (Å²) >= 11 is 0. The molecule has 0 bridgehead atoms. The molecule has 114 valence electrons. The van der Waals surface area contributed by atoms with Gasteiger partial charge in [0.15, 0.2) is 5.75 Å². The summed E-state index contributed by atoms with van der Waals surface area (Å²) < 4.78 is 0. The molecule has 1 aromatic carbocycles. The van der Waals surface area contributed by atoms with Crippen molar-refractivity contribution >= 4 is 17.7 Å². The summed E-state index contributed by atoms with van der Waals surface area (Å²) in [7, 11) is 0. The average Bonchev–Trinajstić information content (AvgIpc) is 2.86. The van der Waals surface area contributed by atoms with Crippen LogP contribution in [0.2, 0.25) is 0 Å². The molecule has 0 radical (unpaired) electrons. The third-order valence-corrected chi connectivity index (χ3v) is 4.00. The lowest BCUT2D eigenvalue weighted by Crippen LogP contribution is -2.36. The lowest BCUT2D eigenvalue weighted by Gasteiger charge is -2.23. The molecule has 1 aliphatic rings. The van der Waals surface area contributed by atoms with Gasteiger partial charge in [-0.05, 0) is 30.4 Å². The number of amides is 2. The standard InChI is InChI=1S/C15H20N2O4/c1-15(7-2-3-8-15)9-16-14(21)17-11-6-4-5-10(12(11)18)13(19)20/h4-6,18H,2-3,7-9H2,1H3,(H,19,20)(H2,16,17,21). The fraction of sp³-hybridized carbons (Fsp3) is 0.467. The van der Waals surface area contributed by atoms with Crippen LogP contribution >= 0.6 is 0 Å².